The van der Waals surface area contributed by atoms with Crippen LogP contribution in [-0.2, 0) is 0 Å². The van der Waals surface area contributed by atoms with Gasteiger partial charge >= 0.3 is 0 Å². The van der Waals surface area contributed by atoms with E-state index in [9.17, 15) is 9.59 Å². The molecule has 0 aliphatic heterocycles. The van der Waals surface area contributed by atoms with E-state index >= 15 is 0 Å². The van der Waals surface area contributed by atoms with Crippen LogP contribution < -0.4 is 10.9 Å². The zero-order valence-electron chi connectivity index (χ0n) is 13.2. The first kappa shape index (κ1) is 15.4. The molecule has 3 aromatic carbocycles. The molecule has 0 aliphatic carbocycles. The van der Waals surface area contributed by atoms with Gasteiger partial charge in [-0.1, -0.05) is 29.8 Å². The second-order valence-corrected chi connectivity index (χ2v) is 6.90. The Hall–Kier alpha value is -2.82. The lowest BCUT2D eigenvalue weighted by molar-refractivity contribution is 1.36. The summed E-state index contributed by atoms with van der Waals surface area (Å²) in [5.41, 5.74) is 1.96. The largest absolute Gasteiger partial charge is 0.354 e. The van der Waals surface area contributed by atoms with E-state index in [1.165, 1.54) is 4.09 Å². The molecule has 0 radical (unpaired) electrons. The Morgan fingerprint density at radius 2 is 1.58 bits per heavy atom. The van der Waals surface area contributed by atoms with Gasteiger partial charge in [0.2, 0.25) is 0 Å². The van der Waals surface area contributed by atoms with Crippen molar-refractivity contribution in [2.75, 3.05) is 0 Å². The number of aromatic amines is 1. The number of halogens is 2. The molecule has 0 saturated heterocycles. The quantitative estimate of drug-likeness (QED) is 0.392. The first-order valence-electron chi connectivity index (χ1n) is 7.94. The fourth-order valence-electron chi connectivity index (χ4n) is 3.47. The molecular weight excluding hydrogens is 371 g/mol. The molecule has 26 heavy (non-hydrogen) atoms. The van der Waals surface area contributed by atoms with Gasteiger partial charge in [0.25, 0.3) is 0 Å². The van der Waals surface area contributed by atoms with Gasteiger partial charge in [0, 0.05) is 33.5 Å². The summed E-state index contributed by atoms with van der Waals surface area (Å²) >= 11 is 12.7. The maximum atomic E-state index is 13.0. The second kappa shape index (κ2) is 5.34. The summed E-state index contributed by atoms with van der Waals surface area (Å²) in [6.07, 6.45) is 0. The minimum Gasteiger partial charge on any atom is -0.354 e. The lowest BCUT2D eigenvalue weighted by Crippen LogP contribution is -2.10. The number of aromatic nitrogens is 2. The molecule has 2 heterocycles. The van der Waals surface area contributed by atoms with E-state index in [4.69, 9.17) is 23.4 Å². The van der Waals surface area contributed by atoms with Crippen molar-refractivity contribution in [3.8, 4) is 0 Å². The topological polar surface area (TPSA) is 54.9 Å². The number of H-pyrrole nitrogens is 1. The number of nitrogens with zero attached hydrogens (tertiary/aromatic N) is 1. The van der Waals surface area contributed by atoms with Gasteiger partial charge in [0.1, 0.15) is 0 Å². The maximum absolute atomic E-state index is 13.0. The minimum absolute atomic E-state index is 0.105. The molecule has 0 atom stereocenters. The zero-order valence-corrected chi connectivity index (χ0v) is 14.7. The van der Waals surface area contributed by atoms with Crippen LogP contribution in [0.1, 0.15) is 0 Å². The molecule has 0 aliphatic rings. The van der Waals surface area contributed by atoms with Crippen molar-refractivity contribution in [1.29, 1.82) is 0 Å². The minimum atomic E-state index is -0.214. The number of rotatable bonds is 0. The Balaban J connectivity index is 2.09. The van der Waals surface area contributed by atoms with Crippen molar-refractivity contribution in [1.82, 2.24) is 9.07 Å². The van der Waals surface area contributed by atoms with Crippen LogP contribution in [0.4, 0.5) is 0 Å². The van der Waals surface area contributed by atoms with E-state index in [0.717, 1.165) is 5.52 Å². The predicted octanol–water partition coefficient (Wildman–Crippen LogP) is 4.80. The smallest absolute Gasteiger partial charge is 0.198 e. The van der Waals surface area contributed by atoms with Crippen LogP contribution in [0.25, 0.3) is 43.6 Å². The number of fused-ring (bicyclic) bond motifs is 4. The van der Waals surface area contributed by atoms with Crippen molar-refractivity contribution in [2.45, 2.75) is 0 Å². The van der Waals surface area contributed by atoms with Gasteiger partial charge in [-0.3, -0.25) is 13.7 Å². The molecule has 0 saturated carbocycles. The third kappa shape index (κ3) is 1.97. The Labute approximate surface area is 156 Å². The highest BCUT2D eigenvalue weighted by atomic mass is 35.5. The van der Waals surface area contributed by atoms with Gasteiger partial charge in [-0.2, -0.15) is 0 Å². The van der Waals surface area contributed by atoms with Crippen molar-refractivity contribution in [3.63, 3.8) is 0 Å². The Morgan fingerprint density at radius 3 is 2.42 bits per heavy atom. The average Bonchev–Trinajstić information content (AvgIpc) is 2.65. The summed E-state index contributed by atoms with van der Waals surface area (Å²) in [7, 11) is 0. The molecule has 2 aromatic heterocycles. The maximum Gasteiger partial charge on any atom is 0.198 e. The summed E-state index contributed by atoms with van der Waals surface area (Å²) in [4.78, 5) is 29.1. The Morgan fingerprint density at radius 1 is 0.769 bits per heavy atom. The highest BCUT2D eigenvalue weighted by Gasteiger charge is 2.15. The van der Waals surface area contributed by atoms with Crippen LogP contribution >= 0.6 is 23.4 Å². The summed E-state index contributed by atoms with van der Waals surface area (Å²) in [5.74, 6) is 0. The molecule has 4 nitrogen and oxygen atoms in total. The van der Waals surface area contributed by atoms with Crippen LogP contribution in [-0.4, -0.2) is 9.07 Å². The molecule has 126 valence electrons. The Kier molecular flexibility index (Phi) is 3.17. The van der Waals surface area contributed by atoms with Gasteiger partial charge < -0.3 is 4.98 Å². The van der Waals surface area contributed by atoms with E-state index in [0.29, 0.717) is 43.1 Å². The van der Waals surface area contributed by atoms with Crippen LogP contribution in [0.15, 0.2) is 64.2 Å². The van der Waals surface area contributed by atoms with Crippen LogP contribution in [0.2, 0.25) is 5.02 Å². The van der Waals surface area contributed by atoms with Gasteiger partial charge in [0.15, 0.2) is 10.9 Å². The van der Waals surface area contributed by atoms with Crippen LogP contribution in [0, 0.1) is 0 Å². The molecule has 5 rings (SSSR count). The van der Waals surface area contributed by atoms with Gasteiger partial charge in [-0.15, -0.1) is 0 Å². The van der Waals surface area contributed by atoms with E-state index < -0.39 is 0 Å². The molecule has 0 spiro atoms. The first-order chi connectivity index (χ1) is 12.6. The number of pyridine rings is 2. The monoisotopic (exact) mass is 380 g/mol. The number of hydrogen-bond acceptors (Lipinski definition) is 2. The second-order valence-electron chi connectivity index (χ2n) is 6.16. The average molecular weight is 381 g/mol. The molecule has 0 unspecified atom stereocenters. The third-order valence-electron chi connectivity index (χ3n) is 4.71. The first-order valence-corrected chi connectivity index (χ1v) is 8.66. The third-order valence-corrected chi connectivity index (χ3v) is 5.39. The van der Waals surface area contributed by atoms with Crippen molar-refractivity contribution in [2.24, 2.45) is 0 Å². The van der Waals surface area contributed by atoms with Crippen molar-refractivity contribution < 1.29 is 0 Å². The number of nitrogens with one attached hydrogen (secondary N) is 1. The summed E-state index contributed by atoms with van der Waals surface area (Å²) in [5, 5.41) is 2.17. The fraction of sp³-hybridized carbons (Fsp3) is 0. The van der Waals surface area contributed by atoms with Gasteiger partial charge in [-0.05, 0) is 36.4 Å². The van der Waals surface area contributed by atoms with E-state index in [-0.39, 0.29) is 10.9 Å². The molecular formula is C20H10Cl2N2O2. The van der Waals surface area contributed by atoms with Crippen LogP contribution in [0.3, 0.4) is 0 Å². The molecule has 0 amide bonds. The van der Waals surface area contributed by atoms with Crippen molar-refractivity contribution >= 4 is 67.0 Å². The SMILES string of the molecule is O=c1c2ccccc2[nH]c2cc3c(=O)c4c(Cl)cccc4n(Cl)c3cc12. The Bertz CT molecular complexity index is 1500. The summed E-state index contributed by atoms with van der Waals surface area (Å²) < 4.78 is 1.38. The molecule has 0 fully saturated rings. The van der Waals surface area contributed by atoms with E-state index in [1.807, 2.05) is 18.2 Å². The number of para-hydroxylation sites is 1. The van der Waals surface area contributed by atoms with Gasteiger partial charge in [0.05, 0.1) is 27.0 Å². The number of benzene rings is 3. The molecule has 5 aromatic rings. The predicted molar refractivity (Wildman–Crippen MR) is 108 cm³/mol. The normalized spacial score (nSPS) is 11.8. The molecule has 6 heteroatoms. The summed E-state index contributed by atoms with van der Waals surface area (Å²) in [6.45, 7) is 0. The summed E-state index contributed by atoms with van der Waals surface area (Å²) in [6, 6.07) is 15.7. The highest BCUT2D eigenvalue weighted by molar-refractivity contribution is 6.36. The lowest BCUT2D eigenvalue weighted by Gasteiger charge is -2.10. The fourth-order valence-corrected chi connectivity index (χ4v) is 4.01. The van der Waals surface area contributed by atoms with Gasteiger partial charge in [-0.25, -0.2) is 0 Å². The highest BCUT2D eigenvalue weighted by Crippen LogP contribution is 2.27. The lowest BCUT2D eigenvalue weighted by atomic mass is 10.1. The van der Waals surface area contributed by atoms with Crippen LogP contribution in [0.5, 0.6) is 0 Å². The molecule has 1 N–H and O–H groups in total. The number of hydrogen-bond donors (Lipinski definition) is 1. The molecule has 0 bridgehead atoms. The standard InChI is InChI=1S/C20H10Cl2N2O2/c21-13-5-3-7-16-18(13)20(26)12-8-15-11(9-17(12)24(16)22)19(25)10-4-1-2-6-14(10)23-15/h1-9H,(H,23,25). The van der Waals surface area contributed by atoms with E-state index in [1.54, 1.807) is 36.4 Å². The van der Waals surface area contributed by atoms with E-state index in [2.05, 4.69) is 4.98 Å². The van der Waals surface area contributed by atoms with Crippen molar-refractivity contribution in [3.05, 3.63) is 80.1 Å². The zero-order chi connectivity index (χ0) is 18.0.